The molecular formula is C12H20O. The number of carbonyl (C=O) groups excluding carboxylic acids is 1. The van der Waals surface area contributed by atoms with E-state index in [1.807, 2.05) is 0 Å². The third-order valence-electron chi connectivity index (χ3n) is 4.45. The van der Waals surface area contributed by atoms with E-state index in [2.05, 4.69) is 20.8 Å². The minimum Gasteiger partial charge on any atom is -0.299 e. The topological polar surface area (TPSA) is 17.1 Å². The molecule has 0 radical (unpaired) electrons. The van der Waals surface area contributed by atoms with Crippen LogP contribution in [0.25, 0.3) is 0 Å². The minimum atomic E-state index is -0.0202. The van der Waals surface area contributed by atoms with Gasteiger partial charge in [-0.1, -0.05) is 27.2 Å². The third kappa shape index (κ3) is 1.24. The largest absolute Gasteiger partial charge is 0.299 e. The molecule has 0 heterocycles. The number of Topliss-reactive ketones (excluding diaryl/α,β-unsaturated/α-hetero) is 1. The smallest absolute Gasteiger partial charge is 0.139 e. The second-order valence-electron chi connectivity index (χ2n) is 5.53. The Hall–Kier alpha value is -0.330. The molecule has 0 saturated heterocycles. The van der Waals surface area contributed by atoms with Crippen molar-refractivity contribution in [3.8, 4) is 0 Å². The summed E-state index contributed by atoms with van der Waals surface area (Å²) in [5.41, 5.74) is -0.0202. The average molecular weight is 180 g/mol. The Bertz CT molecular complexity index is 229. The van der Waals surface area contributed by atoms with E-state index in [-0.39, 0.29) is 5.41 Å². The molecule has 3 atom stereocenters. The van der Waals surface area contributed by atoms with E-state index in [1.165, 1.54) is 19.3 Å². The van der Waals surface area contributed by atoms with Gasteiger partial charge in [0.2, 0.25) is 0 Å². The first-order valence-corrected chi connectivity index (χ1v) is 5.57. The van der Waals surface area contributed by atoms with Gasteiger partial charge in [0, 0.05) is 11.8 Å². The molecule has 0 aromatic heterocycles. The Morgan fingerprint density at radius 1 is 1.31 bits per heavy atom. The van der Waals surface area contributed by atoms with Crippen LogP contribution in [0.2, 0.25) is 0 Å². The van der Waals surface area contributed by atoms with Gasteiger partial charge in [0.25, 0.3) is 0 Å². The first-order valence-electron chi connectivity index (χ1n) is 5.57. The van der Waals surface area contributed by atoms with Crippen molar-refractivity contribution in [2.75, 3.05) is 0 Å². The van der Waals surface area contributed by atoms with Gasteiger partial charge in [-0.2, -0.15) is 0 Å². The summed E-state index contributed by atoms with van der Waals surface area (Å²) in [5.74, 6) is 2.67. The Morgan fingerprint density at radius 3 is 2.69 bits per heavy atom. The molecule has 0 aromatic carbocycles. The molecule has 2 rings (SSSR count). The van der Waals surface area contributed by atoms with E-state index in [0.29, 0.717) is 17.6 Å². The summed E-state index contributed by atoms with van der Waals surface area (Å²) < 4.78 is 0. The number of carbonyl (C=O) groups is 1. The summed E-state index contributed by atoms with van der Waals surface area (Å²) in [7, 11) is 0. The molecule has 1 heteroatoms. The van der Waals surface area contributed by atoms with Gasteiger partial charge in [-0.3, -0.25) is 4.79 Å². The number of hydrogen-bond acceptors (Lipinski definition) is 1. The van der Waals surface area contributed by atoms with Crippen LogP contribution < -0.4 is 0 Å². The lowest BCUT2D eigenvalue weighted by atomic mass is 9.61. The van der Waals surface area contributed by atoms with Gasteiger partial charge in [-0.25, -0.2) is 0 Å². The highest BCUT2D eigenvalue weighted by Gasteiger charge is 2.49. The van der Waals surface area contributed by atoms with Crippen molar-refractivity contribution in [2.45, 2.75) is 46.5 Å². The minimum absolute atomic E-state index is 0.0202. The van der Waals surface area contributed by atoms with Gasteiger partial charge >= 0.3 is 0 Å². The molecule has 0 amide bonds. The monoisotopic (exact) mass is 180 g/mol. The standard InChI is InChI=1S/C12H20O/c1-8-7-11(13)12(2,3)10-6-4-5-9(8)10/h8-10H,4-7H2,1-3H3/t8-,9+,10+/m1/s1. The van der Waals surface area contributed by atoms with Gasteiger partial charge in [0.05, 0.1) is 0 Å². The molecular weight excluding hydrogens is 160 g/mol. The van der Waals surface area contributed by atoms with Gasteiger partial charge < -0.3 is 0 Å². The van der Waals surface area contributed by atoms with Crippen molar-refractivity contribution in [2.24, 2.45) is 23.2 Å². The summed E-state index contributed by atoms with van der Waals surface area (Å²) in [6, 6.07) is 0. The molecule has 0 aliphatic heterocycles. The molecule has 0 N–H and O–H groups in total. The fraction of sp³-hybridized carbons (Fsp3) is 0.917. The Labute approximate surface area is 80.9 Å². The highest BCUT2D eigenvalue weighted by atomic mass is 16.1. The lowest BCUT2D eigenvalue weighted by Gasteiger charge is -2.42. The maximum atomic E-state index is 11.9. The second kappa shape index (κ2) is 2.83. The lowest BCUT2D eigenvalue weighted by Crippen LogP contribution is -2.43. The molecule has 0 unspecified atom stereocenters. The van der Waals surface area contributed by atoms with E-state index in [1.54, 1.807) is 0 Å². The van der Waals surface area contributed by atoms with E-state index in [4.69, 9.17) is 0 Å². The first-order chi connectivity index (χ1) is 6.03. The van der Waals surface area contributed by atoms with Crippen molar-refractivity contribution in [3.05, 3.63) is 0 Å². The molecule has 2 fully saturated rings. The third-order valence-corrected chi connectivity index (χ3v) is 4.45. The first kappa shape index (κ1) is 9.23. The van der Waals surface area contributed by atoms with Crippen LogP contribution in [-0.4, -0.2) is 5.78 Å². The summed E-state index contributed by atoms with van der Waals surface area (Å²) in [4.78, 5) is 11.9. The SMILES string of the molecule is C[C@@H]1CC(=O)C(C)(C)[C@H]2CCC[C@@H]12. The van der Waals surface area contributed by atoms with Crippen LogP contribution in [0.3, 0.4) is 0 Å². The fourth-order valence-corrected chi connectivity index (χ4v) is 3.48. The van der Waals surface area contributed by atoms with Crippen LogP contribution in [0, 0.1) is 23.2 Å². The molecule has 0 aromatic rings. The predicted molar refractivity (Wildman–Crippen MR) is 53.4 cm³/mol. The molecule has 2 saturated carbocycles. The van der Waals surface area contributed by atoms with Gasteiger partial charge in [0.15, 0.2) is 0 Å². The zero-order valence-electron chi connectivity index (χ0n) is 8.97. The van der Waals surface area contributed by atoms with Crippen LogP contribution in [0.1, 0.15) is 46.5 Å². The molecule has 0 bridgehead atoms. The highest BCUT2D eigenvalue weighted by molar-refractivity contribution is 5.85. The lowest BCUT2D eigenvalue weighted by molar-refractivity contribution is -0.136. The van der Waals surface area contributed by atoms with Crippen molar-refractivity contribution in [1.82, 2.24) is 0 Å². The quantitative estimate of drug-likeness (QED) is 0.560. The number of hydrogen-bond donors (Lipinski definition) is 0. The van der Waals surface area contributed by atoms with E-state index < -0.39 is 0 Å². The van der Waals surface area contributed by atoms with Gasteiger partial charge in [-0.15, -0.1) is 0 Å². The van der Waals surface area contributed by atoms with Crippen molar-refractivity contribution in [3.63, 3.8) is 0 Å². The summed E-state index contributed by atoms with van der Waals surface area (Å²) in [6.07, 6.45) is 4.82. The highest BCUT2D eigenvalue weighted by Crippen LogP contribution is 2.52. The zero-order valence-corrected chi connectivity index (χ0v) is 8.97. The maximum Gasteiger partial charge on any atom is 0.139 e. The number of fused-ring (bicyclic) bond motifs is 1. The van der Waals surface area contributed by atoms with Gasteiger partial charge in [-0.05, 0) is 30.6 Å². The number of ketones is 1. The van der Waals surface area contributed by atoms with E-state index in [0.717, 1.165) is 12.3 Å². The maximum absolute atomic E-state index is 11.9. The fourth-order valence-electron chi connectivity index (χ4n) is 3.48. The van der Waals surface area contributed by atoms with Crippen LogP contribution >= 0.6 is 0 Å². The summed E-state index contributed by atoms with van der Waals surface area (Å²) >= 11 is 0. The summed E-state index contributed by atoms with van der Waals surface area (Å²) in [6.45, 7) is 6.57. The van der Waals surface area contributed by atoms with Crippen molar-refractivity contribution >= 4 is 5.78 Å². The van der Waals surface area contributed by atoms with Crippen LogP contribution in [0.5, 0.6) is 0 Å². The zero-order chi connectivity index (χ0) is 9.64. The van der Waals surface area contributed by atoms with Crippen molar-refractivity contribution < 1.29 is 4.79 Å². The molecule has 74 valence electrons. The Morgan fingerprint density at radius 2 is 2.00 bits per heavy atom. The summed E-state index contributed by atoms with van der Waals surface area (Å²) in [5, 5.41) is 0. The molecule has 0 spiro atoms. The van der Waals surface area contributed by atoms with Crippen LogP contribution in [0.15, 0.2) is 0 Å². The molecule has 2 aliphatic carbocycles. The van der Waals surface area contributed by atoms with E-state index >= 15 is 0 Å². The Balaban J connectivity index is 2.28. The number of rotatable bonds is 0. The second-order valence-corrected chi connectivity index (χ2v) is 5.53. The molecule has 2 aliphatic rings. The molecule has 1 nitrogen and oxygen atoms in total. The van der Waals surface area contributed by atoms with Gasteiger partial charge in [0.1, 0.15) is 5.78 Å². The van der Waals surface area contributed by atoms with Crippen LogP contribution in [0.4, 0.5) is 0 Å². The predicted octanol–water partition coefficient (Wildman–Crippen LogP) is 3.04. The van der Waals surface area contributed by atoms with E-state index in [9.17, 15) is 4.79 Å². The Kier molecular flexibility index (Phi) is 2.01. The van der Waals surface area contributed by atoms with Crippen molar-refractivity contribution in [1.29, 1.82) is 0 Å². The van der Waals surface area contributed by atoms with Crippen LogP contribution in [-0.2, 0) is 4.79 Å². The average Bonchev–Trinajstić information content (AvgIpc) is 2.49. The molecule has 13 heavy (non-hydrogen) atoms. The normalized spacial score (nSPS) is 43.3.